The number of Topliss-reactive ketones (excluding diaryl/α,β-unsaturated/α-hetero) is 1. The number of fused-ring (bicyclic) bond motifs is 1. The molecule has 0 aliphatic carbocycles. The quantitative estimate of drug-likeness (QED) is 0.531. The van der Waals surface area contributed by atoms with Gasteiger partial charge in [-0.05, 0) is 38.1 Å². The van der Waals surface area contributed by atoms with Crippen molar-refractivity contribution in [3.63, 3.8) is 0 Å². The maximum atomic E-state index is 13.0. The lowest BCUT2D eigenvalue weighted by Gasteiger charge is -2.08. The van der Waals surface area contributed by atoms with E-state index in [2.05, 4.69) is 20.2 Å². The standard InChI is InChI=1S/C19H18N6O/c1-12-5-4-6-15(22-12)9-18(26)16-8-14(10-25-19(16)20-11-21-25)17-7-13(2)23-24(17)3/h4-8,10-11H,9H2,1-3H3. The molecule has 0 N–H and O–H groups in total. The molecule has 0 saturated heterocycles. The predicted octanol–water partition coefficient (Wildman–Crippen LogP) is 2.57. The molecule has 0 radical (unpaired) electrons. The third kappa shape index (κ3) is 2.88. The number of nitrogens with zero attached hydrogens (tertiary/aromatic N) is 6. The number of hydrogen-bond donors (Lipinski definition) is 0. The summed E-state index contributed by atoms with van der Waals surface area (Å²) in [5, 5.41) is 8.60. The van der Waals surface area contributed by atoms with Crippen molar-refractivity contribution in [3.8, 4) is 11.3 Å². The highest BCUT2D eigenvalue weighted by molar-refractivity contribution is 6.03. The molecule has 0 saturated carbocycles. The monoisotopic (exact) mass is 346 g/mol. The molecular formula is C19H18N6O. The molecule has 0 amide bonds. The molecule has 4 heterocycles. The Morgan fingerprint density at radius 1 is 1.15 bits per heavy atom. The zero-order chi connectivity index (χ0) is 18.3. The number of aromatic nitrogens is 6. The SMILES string of the molecule is Cc1cccc(CC(=O)c2cc(-c3cc(C)nn3C)cn3ncnc23)n1. The molecular weight excluding hydrogens is 328 g/mol. The van der Waals surface area contributed by atoms with Gasteiger partial charge in [-0.3, -0.25) is 14.5 Å². The van der Waals surface area contributed by atoms with E-state index in [1.165, 1.54) is 6.33 Å². The molecule has 4 aromatic rings. The molecule has 130 valence electrons. The third-order valence-corrected chi connectivity index (χ3v) is 4.26. The van der Waals surface area contributed by atoms with Crippen LogP contribution in [0.3, 0.4) is 0 Å². The average Bonchev–Trinajstić information content (AvgIpc) is 3.19. The summed E-state index contributed by atoms with van der Waals surface area (Å²) in [5.74, 6) is -0.0400. The average molecular weight is 346 g/mol. The van der Waals surface area contributed by atoms with Crippen molar-refractivity contribution >= 4 is 11.4 Å². The molecule has 4 rings (SSSR count). The summed E-state index contributed by atoms with van der Waals surface area (Å²) in [4.78, 5) is 21.6. The van der Waals surface area contributed by atoms with E-state index >= 15 is 0 Å². The van der Waals surface area contributed by atoms with Gasteiger partial charge in [0, 0.05) is 30.2 Å². The molecule has 0 aliphatic heterocycles. The Balaban J connectivity index is 1.79. The zero-order valence-corrected chi connectivity index (χ0v) is 14.8. The van der Waals surface area contributed by atoms with Gasteiger partial charge < -0.3 is 0 Å². The van der Waals surface area contributed by atoms with Gasteiger partial charge in [-0.2, -0.15) is 10.2 Å². The van der Waals surface area contributed by atoms with Crippen molar-refractivity contribution in [1.29, 1.82) is 0 Å². The van der Waals surface area contributed by atoms with Crippen molar-refractivity contribution in [3.05, 3.63) is 65.5 Å². The molecule has 7 nitrogen and oxygen atoms in total. The minimum atomic E-state index is -0.0400. The number of hydrogen-bond acceptors (Lipinski definition) is 5. The molecule has 0 spiro atoms. The van der Waals surface area contributed by atoms with E-state index < -0.39 is 0 Å². The zero-order valence-electron chi connectivity index (χ0n) is 14.8. The van der Waals surface area contributed by atoms with Crippen LogP contribution in [-0.4, -0.2) is 35.1 Å². The van der Waals surface area contributed by atoms with Crippen molar-refractivity contribution in [2.24, 2.45) is 7.05 Å². The van der Waals surface area contributed by atoms with Gasteiger partial charge in [0.05, 0.1) is 23.4 Å². The van der Waals surface area contributed by atoms with E-state index in [1.54, 1.807) is 9.20 Å². The Morgan fingerprint density at radius 2 is 2.00 bits per heavy atom. The van der Waals surface area contributed by atoms with E-state index in [0.29, 0.717) is 11.2 Å². The van der Waals surface area contributed by atoms with Gasteiger partial charge in [-0.1, -0.05) is 6.07 Å². The maximum absolute atomic E-state index is 13.0. The fourth-order valence-corrected chi connectivity index (χ4v) is 3.11. The molecule has 0 fully saturated rings. The highest BCUT2D eigenvalue weighted by atomic mass is 16.1. The van der Waals surface area contributed by atoms with Gasteiger partial charge in [-0.25, -0.2) is 9.50 Å². The summed E-state index contributed by atoms with van der Waals surface area (Å²) in [5.41, 5.74) is 5.41. The first-order valence-electron chi connectivity index (χ1n) is 8.31. The van der Waals surface area contributed by atoms with Gasteiger partial charge in [0.15, 0.2) is 11.4 Å². The largest absolute Gasteiger partial charge is 0.294 e. The van der Waals surface area contributed by atoms with Crippen LogP contribution < -0.4 is 0 Å². The van der Waals surface area contributed by atoms with Gasteiger partial charge in [0.2, 0.25) is 0 Å². The summed E-state index contributed by atoms with van der Waals surface area (Å²) >= 11 is 0. The summed E-state index contributed by atoms with van der Waals surface area (Å²) in [6, 6.07) is 9.52. The van der Waals surface area contributed by atoms with Crippen LogP contribution in [0.25, 0.3) is 16.9 Å². The van der Waals surface area contributed by atoms with Crippen LogP contribution in [-0.2, 0) is 13.5 Å². The van der Waals surface area contributed by atoms with Crippen molar-refractivity contribution < 1.29 is 4.79 Å². The molecule has 7 heteroatoms. The minimum Gasteiger partial charge on any atom is -0.294 e. The lowest BCUT2D eigenvalue weighted by atomic mass is 10.0. The summed E-state index contributed by atoms with van der Waals surface area (Å²) in [6.07, 6.45) is 3.54. The number of ketones is 1. The Bertz CT molecular complexity index is 1120. The summed E-state index contributed by atoms with van der Waals surface area (Å²) in [7, 11) is 1.88. The number of aryl methyl sites for hydroxylation is 3. The van der Waals surface area contributed by atoms with Crippen LogP contribution in [0, 0.1) is 13.8 Å². The molecule has 26 heavy (non-hydrogen) atoms. The summed E-state index contributed by atoms with van der Waals surface area (Å²) in [6.45, 7) is 3.85. The van der Waals surface area contributed by atoms with E-state index in [0.717, 1.165) is 28.3 Å². The molecule has 0 aromatic carbocycles. The first kappa shape index (κ1) is 16.1. The number of carbonyl (C=O) groups is 1. The normalized spacial score (nSPS) is 11.2. The lowest BCUT2D eigenvalue weighted by molar-refractivity contribution is 0.0993. The third-order valence-electron chi connectivity index (χ3n) is 4.26. The fraction of sp³-hybridized carbons (Fsp3) is 0.211. The molecule has 4 aromatic heterocycles. The predicted molar refractivity (Wildman–Crippen MR) is 96.9 cm³/mol. The van der Waals surface area contributed by atoms with Crippen LogP contribution >= 0.6 is 0 Å². The van der Waals surface area contributed by atoms with Crippen LogP contribution in [0.2, 0.25) is 0 Å². The van der Waals surface area contributed by atoms with Crippen molar-refractivity contribution in [1.82, 2.24) is 29.4 Å². The van der Waals surface area contributed by atoms with Crippen molar-refractivity contribution in [2.75, 3.05) is 0 Å². The van der Waals surface area contributed by atoms with Crippen LogP contribution in [0.1, 0.15) is 27.4 Å². The number of pyridine rings is 2. The van der Waals surface area contributed by atoms with E-state index in [-0.39, 0.29) is 12.2 Å². The minimum absolute atomic E-state index is 0.0400. The first-order valence-corrected chi connectivity index (χ1v) is 8.31. The maximum Gasteiger partial charge on any atom is 0.172 e. The molecule has 0 aliphatic rings. The van der Waals surface area contributed by atoms with Gasteiger partial charge in [0.25, 0.3) is 0 Å². The fourth-order valence-electron chi connectivity index (χ4n) is 3.11. The Morgan fingerprint density at radius 3 is 2.73 bits per heavy atom. The second kappa shape index (κ2) is 6.18. The van der Waals surface area contributed by atoms with E-state index in [4.69, 9.17) is 0 Å². The van der Waals surface area contributed by atoms with Crippen LogP contribution in [0.15, 0.2) is 42.9 Å². The van der Waals surface area contributed by atoms with Gasteiger partial charge in [-0.15, -0.1) is 0 Å². The van der Waals surface area contributed by atoms with Gasteiger partial charge >= 0.3 is 0 Å². The second-order valence-electron chi connectivity index (χ2n) is 6.34. The highest BCUT2D eigenvalue weighted by Gasteiger charge is 2.17. The Kier molecular flexibility index (Phi) is 3.84. The molecule has 0 unspecified atom stereocenters. The Hall–Kier alpha value is -3.35. The first-order chi connectivity index (χ1) is 12.5. The molecule has 0 bridgehead atoms. The number of carbonyl (C=O) groups excluding carboxylic acids is 1. The second-order valence-corrected chi connectivity index (χ2v) is 6.34. The van der Waals surface area contributed by atoms with Crippen LogP contribution in [0.5, 0.6) is 0 Å². The number of rotatable bonds is 4. The smallest absolute Gasteiger partial charge is 0.172 e. The van der Waals surface area contributed by atoms with E-state index in [9.17, 15) is 4.79 Å². The van der Waals surface area contributed by atoms with Crippen LogP contribution in [0.4, 0.5) is 0 Å². The summed E-state index contributed by atoms with van der Waals surface area (Å²) < 4.78 is 3.43. The lowest BCUT2D eigenvalue weighted by Crippen LogP contribution is -2.09. The topological polar surface area (TPSA) is 78.0 Å². The van der Waals surface area contributed by atoms with Gasteiger partial charge in [0.1, 0.15) is 6.33 Å². The molecule has 0 atom stereocenters. The Labute approximate surface area is 150 Å². The van der Waals surface area contributed by atoms with E-state index in [1.807, 2.05) is 57.4 Å². The highest BCUT2D eigenvalue weighted by Crippen LogP contribution is 2.23. The van der Waals surface area contributed by atoms with Crippen molar-refractivity contribution in [2.45, 2.75) is 20.3 Å².